The fourth-order valence-electron chi connectivity index (χ4n) is 4.28. The van der Waals surface area contributed by atoms with Gasteiger partial charge in [0.05, 0.1) is 7.11 Å². The average molecular weight is 414 g/mol. The molecule has 0 spiro atoms. The zero-order valence-corrected chi connectivity index (χ0v) is 18.4. The third-order valence-electron chi connectivity index (χ3n) is 5.60. The van der Waals surface area contributed by atoms with Crippen LogP contribution in [0.3, 0.4) is 0 Å². The molecule has 2 aromatic carbocycles. The molecule has 0 bridgehead atoms. The minimum Gasteiger partial charge on any atom is -0.497 e. The summed E-state index contributed by atoms with van der Waals surface area (Å²) in [6, 6.07) is 17.8. The number of nitrogens with zero attached hydrogens (tertiary/aromatic N) is 1. The van der Waals surface area contributed by atoms with E-state index in [1.54, 1.807) is 7.11 Å². The number of ether oxygens (including phenoxy) is 3. The highest BCUT2D eigenvalue weighted by molar-refractivity contribution is 7.79. The van der Waals surface area contributed by atoms with Crippen molar-refractivity contribution in [3.63, 3.8) is 0 Å². The van der Waals surface area contributed by atoms with E-state index < -0.39 is 0 Å². The van der Waals surface area contributed by atoms with Crippen LogP contribution >= 0.6 is 12.2 Å². The van der Waals surface area contributed by atoms with Crippen LogP contribution in [-0.2, 0) is 11.2 Å². The molecular formula is C24H31NO3S. The molecule has 1 fully saturated rings. The maximum atomic E-state index is 6.52. The predicted octanol–water partition coefficient (Wildman–Crippen LogP) is 5.11. The molecule has 0 N–H and O–H groups in total. The molecule has 0 amide bonds. The molecule has 1 saturated carbocycles. The highest BCUT2D eigenvalue weighted by Crippen LogP contribution is 2.40. The van der Waals surface area contributed by atoms with Crippen molar-refractivity contribution in [3.05, 3.63) is 60.2 Å². The molecule has 4 nitrogen and oxygen atoms in total. The first-order chi connectivity index (χ1) is 14.0. The second-order valence-corrected chi connectivity index (χ2v) is 8.40. The van der Waals surface area contributed by atoms with Crippen molar-refractivity contribution >= 4 is 17.5 Å². The summed E-state index contributed by atoms with van der Waals surface area (Å²) in [7, 11) is 5.93. The number of hydrogen-bond donors (Lipinski definition) is 0. The second-order valence-electron chi connectivity index (χ2n) is 8.07. The first-order valence-corrected chi connectivity index (χ1v) is 10.6. The Kier molecular flexibility index (Phi) is 7.51. The van der Waals surface area contributed by atoms with Crippen LogP contribution < -0.4 is 9.47 Å². The van der Waals surface area contributed by atoms with Crippen LogP contribution in [-0.4, -0.2) is 43.5 Å². The van der Waals surface area contributed by atoms with Gasteiger partial charge in [0, 0.05) is 31.1 Å². The molecule has 29 heavy (non-hydrogen) atoms. The summed E-state index contributed by atoms with van der Waals surface area (Å²) in [5.74, 6) is 1.93. The fraction of sp³-hybridized carbons (Fsp3) is 0.458. The van der Waals surface area contributed by atoms with E-state index in [0.29, 0.717) is 11.7 Å². The molecule has 1 aliphatic rings. The smallest absolute Gasteiger partial charge is 0.358 e. The van der Waals surface area contributed by atoms with Crippen molar-refractivity contribution in [1.29, 1.82) is 0 Å². The maximum absolute atomic E-state index is 6.52. The lowest BCUT2D eigenvalue weighted by atomic mass is 9.71. The molecule has 5 heteroatoms. The molecule has 0 aromatic heterocycles. The van der Waals surface area contributed by atoms with E-state index in [0.717, 1.165) is 38.0 Å². The number of para-hydroxylation sites is 1. The summed E-state index contributed by atoms with van der Waals surface area (Å²) in [6.07, 6.45) is 5.20. The van der Waals surface area contributed by atoms with Crippen LogP contribution in [0, 0.1) is 5.92 Å². The minimum absolute atomic E-state index is 0.199. The van der Waals surface area contributed by atoms with Crippen LogP contribution in [0.5, 0.6) is 11.5 Å². The zero-order valence-electron chi connectivity index (χ0n) is 17.6. The van der Waals surface area contributed by atoms with Crippen LogP contribution in [0.15, 0.2) is 54.6 Å². The molecule has 0 radical (unpaired) electrons. The standard InChI is InChI=1S/C24H31NO3S/c1-25(2)18-20-11-7-8-15-24(20,17-19-10-9-14-22(16-19)26-3)28-23(29)27-21-12-5-4-6-13-21/h4-6,9-10,12-14,16,20H,7-8,11,15,17-18H2,1-3H3. The number of rotatable bonds is 7. The molecule has 3 rings (SSSR count). The zero-order chi connectivity index (χ0) is 20.7. The lowest BCUT2D eigenvalue weighted by molar-refractivity contribution is -0.0526. The van der Waals surface area contributed by atoms with Crippen molar-refractivity contribution in [3.8, 4) is 11.5 Å². The molecule has 2 unspecified atom stereocenters. The minimum atomic E-state index is -0.388. The highest BCUT2D eigenvalue weighted by Gasteiger charge is 2.44. The van der Waals surface area contributed by atoms with Gasteiger partial charge in [-0.1, -0.05) is 36.8 Å². The average Bonchev–Trinajstić information content (AvgIpc) is 2.70. The molecule has 2 aromatic rings. The Balaban J connectivity index is 1.86. The third-order valence-corrected chi connectivity index (χ3v) is 5.77. The van der Waals surface area contributed by atoms with Gasteiger partial charge in [0.25, 0.3) is 0 Å². The van der Waals surface area contributed by atoms with Gasteiger partial charge in [0.15, 0.2) is 0 Å². The first-order valence-electron chi connectivity index (χ1n) is 10.2. The van der Waals surface area contributed by atoms with Crippen molar-refractivity contribution in [2.24, 2.45) is 5.92 Å². The topological polar surface area (TPSA) is 30.9 Å². The number of methoxy groups -OCH3 is 1. The molecule has 156 valence electrons. The van der Waals surface area contributed by atoms with Crippen molar-refractivity contribution in [2.75, 3.05) is 27.7 Å². The van der Waals surface area contributed by atoms with Gasteiger partial charge >= 0.3 is 5.24 Å². The van der Waals surface area contributed by atoms with Crippen LogP contribution in [0.1, 0.15) is 31.2 Å². The predicted molar refractivity (Wildman–Crippen MR) is 121 cm³/mol. The van der Waals surface area contributed by atoms with Crippen molar-refractivity contribution in [2.45, 2.75) is 37.7 Å². The normalized spacial score (nSPS) is 21.6. The number of hydrogen-bond acceptors (Lipinski definition) is 5. The fourth-order valence-corrected chi connectivity index (χ4v) is 4.55. The Hall–Kier alpha value is -2.11. The molecule has 0 aliphatic heterocycles. The molecular weight excluding hydrogens is 382 g/mol. The van der Waals surface area contributed by atoms with E-state index in [4.69, 9.17) is 26.4 Å². The van der Waals surface area contributed by atoms with Gasteiger partial charge in [-0.15, -0.1) is 0 Å². The van der Waals surface area contributed by atoms with E-state index in [1.807, 2.05) is 42.5 Å². The van der Waals surface area contributed by atoms with Crippen molar-refractivity contribution < 1.29 is 14.2 Å². The number of benzene rings is 2. The van der Waals surface area contributed by atoms with Crippen LogP contribution in [0.25, 0.3) is 0 Å². The quantitative estimate of drug-likeness (QED) is 0.589. The Morgan fingerprint density at radius 1 is 1.07 bits per heavy atom. The van der Waals surface area contributed by atoms with Gasteiger partial charge in [0.1, 0.15) is 17.1 Å². The van der Waals surface area contributed by atoms with Gasteiger partial charge in [0.2, 0.25) is 0 Å². The molecule has 0 heterocycles. The molecule has 0 saturated heterocycles. The summed E-state index contributed by atoms with van der Waals surface area (Å²) in [6.45, 7) is 0.956. The van der Waals surface area contributed by atoms with Gasteiger partial charge in [-0.2, -0.15) is 0 Å². The highest BCUT2D eigenvalue weighted by atomic mass is 32.1. The Bertz CT molecular complexity index is 796. The van der Waals surface area contributed by atoms with Gasteiger partial charge in [-0.3, -0.25) is 0 Å². The van der Waals surface area contributed by atoms with Crippen molar-refractivity contribution in [1.82, 2.24) is 4.90 Å². The molecule has 1 aliphatic carbocycles. The summed E-state index contributed by atoms with van der Waals surface area (Å²) < 4.78 is 17.8. The summed E-state index contributed by atoms with van der Waals surface area (Å²) in [4.78, 5) is 2.24. The molecule has 2 atom stereocenters. The van der Waals surface area contributed by atoms with E-state index in [9.17, 15) is 0 Å². The SMILES string of the molecule is COc1cccc(CC2(OC(=S)Oc3ccccc3)CCCCC2CN(C)C)c1. The Morgan fingerprint density at radius 2 is 1.83 bits per heavy atom. The van der Waals surface area contributed by atoms with E-state index >= 15 is 0 Å². The van der Waals surface area contributed by atoms with E-state index in [2.05, 4.69) is 31.1 Å². The summed E-state index contributed by atoms with van der Waals surface area (Å²) in [5, 5.41) is 0.199. The summed E-state index contributed by atoms with van der Waals surface area (Å²) in [5.41, 5.74) is 0.804. The monoisotopic (exact) mass is 413 g/mol. The van der Waals surface area contributed by atoms with Crippen LogP contribution in [0.2, 0.25) is 0 Å². The van der Waals surface area contributed by atoms with Gasteiger partial charge in [-0.25, -0.2) is 0 Å². The second kappa shape index (κ2) is 10.1. The van der Waals surface area contributed by atoms with E-state index in [-0.39, 0.29) is 10.8 Å². The lowest BCUT2D eigenvalue weighted by Gasteiger charge is -2.45. The Labute approximate surface area is 179 Å². The lowest BCUT2D eigenvalue weighted by Crippen LogP contribution is -2.50. The van der Waals surface area contributed by atoms with Gasteiger partial charge < -0.3 is 19.1 Å². The van der Waals surface area contributed by atoms with Gasteiger partial charge in [-0.05, 0) is 63.2 Å². The summed E-state index contributed by atoms with van der Waals surface area (Å²) >= 11 is 5.54. The largest absolute Gasteiger partial charge is 0.497 e. The number of thiocarbonyl (C=S) groups is 1. The van der Waals surface area contributed by atoms with E-state index in [1.165, 1.54) is 12.0 Å². The maximum Gasteiger partial charge on any atom is 0.358 e. The van der Waals surface area contributed by atoms with Crippen LogP contribution in [0.4, 0.5) is 0 Å². The first kappa shape index (κ1) is 21.6. The Morgan fingerprint density at radius 3 is 2.55 bits per heavy atom. The third kappa shape index (κ3) is 5.94.